The summed E-state index contributed by atoms with van der Waals surface area (Å²) >= 11 is 0. The van der Waals surface area contributed by atoms with Gasteiger partial charge in [0, 0.05) is 42.1 Å². The molecule has 4 N–H and O–H groups in total. The van der Waals surface area contributed by atoms with Crippen LogP contribution in [0.4, 0.5) is 17.5 Å². The number of hydrogen-bond acceptors (Lipinski definition) is 7. The predicted molar refractivity (Wildman–Crippen MR) is 137 cm³/mol. The first-order chi connectivity index (χ1) is 17.2. The summed E-state index contributed by atoms with van der Waals surface area (Å²) in [7, 11) is 0. The molecule has 1 aromatic carbocycles. The van der Waals surface area contributed by atoms with Crippen molar-refractivity contribution in [3.63, 3.8) is 0 Å². The summed E-state index contributed by atoms with van der Waals surface area (Å²) in [6.45, 7) is 2.49. The van der Waals surface area contributed by atoms with E-state index in [1.807, 2.05) is 37.3 Å². The highest BCUT2D eigenvalue weighted by Gasteiger charge is 2.18. The van der Waals surface area contributed by atoms with E-state index in [9.17, 15) is 4.79 Å². The molecule has 0 atom stereocenters. The fourth-order valence-corrected chi connectivity index (χ4v) is 4.45. The normalized spacial score (nSPS) is 14.1. The second kappa shape index (κ2) is 10.5. The maximum atomic E-state index is 12.6. The highest BCUT2D eigenvalue weighted by atomic mass is 16.1. The van der Waals surface area contributed by atoms with Crippen LogP contribution < -0.4 is 16.0 Å². The molecule has 1 fully saturated rings. The lowest BCUT2D eigenvalue weighted by Crippen LogP contribution is -2.26. The number of pyridine rings is 1. The SMILES string of the molecule is Cc1cc(C(=O)NCCc2ccccn2)ccc1Nc1nc(NC2CCCCC2)c2[nH]cnc2n1. The van der Waals surface area contributed by atoms with Gasteiger partial charge in [0.1, 0.15) is 5.52 Å². The molecule has 0 saturated heterocycles. The Hall–Kier alpha value is -4.01. The first-order valence-electron chi connectivity index (χ1n) is 12.2. The van der Waals surface area contributed by atoms with Gasteiger partial charge in [0.25, 0.3) is 5.91 Å². The van der Waals surface area contributed by atoms with E-state index >= 15 is 0 Å². The molecule has 3 heterocycles. The molecule has 3 aromatic heterocycles. The Kier molecular flexibility index (Phi) is 6.83. The maximum Gasteiger partial charge on any atom is 0.251 e. The smallest absolute Gasteiger partial charge is 0.251 e. The van der Waals surface area contributed by atoms with Crippen molar-refractivity contribution >= 4 is 34.5 Å². The average molecular weight is 471 g/mol. The molecule has 9 nitrogen and oxygen atoms in total. The lowest BCUT2D eigenvalue weighted by molar-refractivity contribution is 0.0954. The van der Waals surface area contributed by atoms with E-state index in [4.69, 9.17) is 4.98 Å². The van der Waals surface area contributed by atoms with Crippen LogP contribution in [-0.4, -0.2) is 43.4 Å². The van der Waals surface area contributed by atoms with Crippen molar-refractivity contribution in [1.82, 2.24) is 30.2 Å². The average Bonchev–Trinajstić information content (AvgIpc) is 3.36. The highest BCUT2D eigenvalue weighted by Crippen LogP contribution is 2.27. The van der Waals surface area contributed by atoms with Crippen LogP contribution in [0.1, 0.15) is 53.7 Å². The van der Waals surface area contributed by atoms with Gasteiger partial charge in [-0.3, -0.25) is 9.78 Å². The van der Waals surface area contributed by atoms with Crippen LogP contribution in [0.15, 0.2) is 48.9 Å². The van der Waals surface area contributed by atoms with Crippen molar-refractivity contribution < 1.29 is 4.79 Å². The van der Waals surface area contributed by atoms with Crippen LogP contribution in [0, 0.1) is 6.92 Å². The van der Waals surface area contributed by atoms with Crippen LogP contribution >= 0.6 is 0 Å². The second-order valence-corrected chi connectivity index (χ2v) is 8.96. The minimum atomic E-state index is -0.108. The van der Waals surface area contributed by atoms with Crippen LogP contribution in [0.5, 0.6) is 0 Å². The molecule has 0 bridgehead atoms. The second-order valence-electron chi connectivity index (χ2n) is 8.96. The minimum absolute atomic E-state index is 0.108. The van der Waals surface area contributed by atoms with Gasteiger partial charge in [-0.1, -0.05) is 25.3 Å². The van der Waals surface area contributed by atoms with Gasteiger partial charge < -0.3 is 20.9 Å². The van der Waals surface area contributed by atoms with Gasteiger partial charge in [0.2, 0.25) is 5.95 Å². The molecule has 180 valence electrons. The van der Waals surface area contributed by atoms with Gasteiger partial charge in [-0.15, -0.1) is 0 Å². The van der Waals surface area contributed by atoms with E-state index in [-0.39, 0.29) is 5.91 Å². The maximum absolute atomic E-state index is 12.6. The molecule has 1 saturated carbocycles. The first kappa shape index (κ1) is 22.8. The number of imidazole rings is 1. The number of carbonyl (C=O) groups is 1. The fraction of sp³-hybridized carbons (Fsp3) is 0.346. The summed E-state index contributed by atoms with van der Waals surface area (Å²) in [6.07, 6.45) is 10.2. The van der Waals surface area contributed by atoms with E-state index in [1.54, 1.807) is 18.6 Å². The zero-order valence-corrected chi connectivity index (χ0v) is 19.8. The number of rotatable bonds is 8. The number of hydrogen-bond donors (Lipinski definition) is 4. The number of aromatic amines is 1. The molecule has 1 aliphatic carbocycles. The third-order valence-corrected chi connectivity index (χ3v) is 6.36. The van der Waals surface area contributed by atoms with Crippen molar-refractivity contribution in [3.05, 3.63) is 65.7 Å². The number of H-pyrrole nitrogens is 1. The van der Waals surface area contributed by atoms with Crippen LogP contribution in [-0.2, 0) is 6.42 Å². The van der Waals surface area contributed by atoms with Gasteiger partial charge in [-0.05, 0) is 55.7 Å². The van der Waals surface area contributed by atoms with Gasteiger partial charge in [-0.2, -0.15) is 9.97 Å². The number of benzene rings is 1. The zero-order chi connectivity index (χ0) is 24.0. The van der Waals surface area contributed by atoms with E-state index < -0.39 is 0 Å². The Morgan fingerprint density at radius 2 is 1.97 bits per heavy atom. The van der Waals surface area contributed by atoms with Crippen molar-refractivity contribution in [1.29, 1.82) is 0 Å². The predicted octanol–water partition coefficient (Wildman–Crippen LogP) is 4.52. The standard InChI is InChI=1S/C26H30N8O/c1-17-15-18(25(35)28-14-12-19-7-5-6-13-27-19)10-11-21(17)32-26-33-23-22(29-16-30-23)24(34-26)31-20-8-3-2-4-9-20/h5-7,10-11,13,15-16,20H,2-4,8-9,12,14H2,1H3,(H,28,35)(H3,29,30,31,32,33,34). The Bertz CT molecular complexity index is 1300. The van der Waals surface area contributed by atoms with Crippen molar-refractivity contribution in [2.45, 2.75) is 51.5 Å². The first-order valence-corrected chi connectivity index (χ1v) is 12.2. The number of nitrogens with zero attached hydrogens (tertiary/aromatic N) is 4. The van der Waals surface area contributed by atoms with Crippen molar-refractivity contribution in [2.75, 3.05) is 17.2 Å². The molecule has 0 radical (unpaired) electrons. The van der Waals surface area contributed by atoms with Gasteiger partial charge >= 0.3 is 0 Å². The summed E-state index contributed by atoms with van der Waals surface area (Å²) in [5, 5.41) is 9.86. The summed E-state index contributed by atoms with van der Waals surface area (Å²) in [4.78, 5) is 33.7. The molecule has 9 heteroatoms. The molecule has 0 aliphatic heterocycles. The molecule has 0 spiro atoms. The van der Waals surface area contributed by atoms with E-state index in [0.29, 0.717) is 36.2 Å². The lowest BCUT2D eigenvalue weighted by atomic mass is 9.95. The number of fused-ring (bicyclic) bond motifs is 1. The van der Waals surface area contributed by atoms with Gasteiger partial charge in [0.05, 0.1) is 6.33 Å². The summed E-state index contributed by atoms with van der Waals surface area (Å²) < 4.78 is 0. The number of amides is 1. The Morgan fingerprint density at radius 3 is 2.77 bits per heavy atom. The number of aromatic nitrogens is 5. The van der Waals surface area contributed by atoms with Crippen LogP contribution in [0.25, 0.3) is 11.2 Å². The molecule has 1 amide bonds. The van der Waals surface area contributed by atoms with Crippen molar-refractivity contribution in [2.24, 2.45) is 0 Å². The molecule has 1 aliphatic rings. The minimum Gasteiger partial charge on any atom is -0.365 e. The highest BCUT2D eigenvalue weighted by molar-refractivity contribution is 5.95. The van der Waals surface area contributed by atoms with E-state index in [2.05, 4.69) is 35.9 Å². The van der Waals surface area contributed by atoms with Crippen LogP contribution in [0.2, 0.25) is 0 Å². The largest absolute Gasteiger partial charge is 0.365 e. The number of aryl methyl sites for hydroxylation is 1. The Labute approximate surface area is 204 Å². The molecular weight excluding hydrogens is 440 g/mol. The molecular formula is C26H30N8O. The fourth-order valence-electron chi connectivity index (χ4n) is 4.45. The summed E-state index contributed by atoms with van der Waals surface area (Å²) in [5.74, 6) is 1.13. The van der Waals surface area contributed by atoms with E-state index in [1.165, 1.54) is 19.3 Å². The third-order valence-electron chi connectivity index (χ3n) is 6.36. The monoisotopic (exact) mass is 470 g/mol. The number of nitrogens with one attached hydrogen (secondary N) is 4. The van der Waals surface area contributed by atoms with Gasteiger partial charge in [0.15, 0.2) is 11.5 Å². The zero-order valence-electron chi connectivity index (χ0n) is 19.8. The summed E-state index contributed by atoms with van der Waals surface area (Å²) in [6, 6.07) is 11.8. The molecule has 35 heavy (non-hydrogen) atoms. The van der Waals surface area contributed by atoms with Gasteiger partial charge in [-0.25, -0.2) is 4.98 Å². The molecule has 0 unspecified atom stereocenters. The lowest BCUT2D eigenvalue weighted by Gasteiger charge is -2.23. The third kappa shape index (κ3) is 5.56. The Morgan fingerprint density at radius 1 is 1.09 bits per heavy atom. The number of anilines is 3. The van der Waals surface area contributed by atoms with E-state index in [0.717, 1.165) is 41.1 Å². The molecule has 5 rings (SSSR count). The quantitative estimate of drug-likeness (QED) is 0.299. The number of carbonyl (C=O) groups excluding carboxylic acids is 1. The van der Waals surface area contributed by atoms with Crippen molar-refractivity contribution in [3.8, 4) is 0 Å². The molecule has 4 aromatic rings. The summed E-state index contributed by atoms with van der Waals surface area (Å²) in [5.41, 5.74) is 4.76. The van der Waals surface area contributed by atoms with Crippen LogP contribution in [0.3, 0.4) is 0 Å². The topological polar surface area (TPSA) is 121 Å². The Balaban J connectivity index is 1.26.